The molecule has 2 aromatic heterocycles. The molecular formula is C25H30N6O2. The van der Waals surface area contributed by atoms with Crippen molar-refractivity contribution in [2.45, 2.75) is 46.4 Å². The van der Waals surface area contributed by atoms with Gasteiger partial charge in [-0.15, -0.1) is 0 Å². The summed E-state index contributed by atoms with van der Waals surface area (Å²) in [5, 5.41) is 4.83. The van der Waals surface area contributed by atoms with Crippen molar-refractivity contribution in [3.8, 4) is 11.3 Å². The number of hydrogen-bond donors (Lipinski definition) is 0. The molecule has 3 aromatic rings. The number of aryl methyl sites for hydroxylation is 2. The standard InChI is InChI=1S/C25H30N6O2/c1-17-15-18(2)27-25(26-17)29-10-9-19(3)30(12-11-29)24(32)22-21-16-33-14-13-31(21)28-23(22)20-7-5-4-6-8-20/h4-8,15,19H,9-14,16H2,1-3H3/t19-/m1/s1. The van der Waals surface area contributed by atoms with Crippen LogP contribution in [0.25, 0.3) is 11.3 Å². The molecule has 2 aliphatic rings. The summed E-state index contributed by atoms with van der Waals surface area (Å²) in [6, 6.07) is 12.0. The van der Waals surface area contributed by atoms with Crippen LogP contribution in [-0.4, -0.2) is 62.8 Å². The minimum absolute atomic E-state index is 0.0243. The van der Waals surface area contributed by atoms with Gasteiger partial charge in [0.15, 0.2) is 0 Å². The van der Waals surface area contributed by atoms with E-state index in [2.05, 4.69) is 21.8 Å². The minimum Gasteiger partial charge on any atom is -0.373 e. The molecule has 0 aliphatic carbocycles. The normalized spacial score (nSPS) is 18.7. The van der Waals surface area contributed by atoms with E-state index < -0.39 is 0 Å². The third-order valence-electron chi connectivity index (χ3n) is 6.48. The van der Waals surface area contributed by atoms with Crippen LogP contribution in [0.3, 0.4) is 0 Å². The van der Waals surface area contributed by atoms with Crippen LogP contribution in [0.1, 0.15) is 40.8 Å². The van der Waals surface area contributed by atoms with Crippen LogP contribution in [0.15, 0.2) is 36.4 Å². The second-order valence-corrected chi connectivity index (χ2v) is 8.89. The molecule has 0 unspecified atom stereocenters. The summed E-state index contributed by atoms with van der Waals surface area (Å²) in [4.78, 5) is 27.5. The van der Waals surface area contributed by atoms with E-state index in [1.807, 2.05) is 59.8 Å². The predicted molar refractivity (Wildman–Crippen MR) is 126 cm³/mol. The quantitative estimate of drug-likeness (QED) is 0.615. The Balaban J connectivity index is 1.46. The van der Waals surface area contributed by atoms with Crippen LogP contribution in [0.2, 0.25) is 0 Å². The van der Waals surface area contributed by atoms with Crippen LogP contribution < -0.4 is 4.90 Å². The topological polar surface area (TPSA) is 76.4 Å². The van der Waals surface area contributed by atoms with Crippen LogP contribution in [-0.2, 0) is 17.9 Å². The van der Waals surface area contributed by atoms with Crippen molar-refractivity contribution in [2.24, 2.45) is 0 Å². The number of aromatic nitrogens is 4. The maximum atomic E-state index is 14.0. The van der Waals surface area contributed by atoms with Gasteiger partial charge in [-0.25, -0.2) is 9.97 Å². The Hall–Kier alpha value is -3.26. The lowest BCUT2D eigenvalue weighted by atomic mass is 10.0. The van der Waals surface area contributed by atoms with Crippen molar-refractivity contribution in [3.63, 3.8) is 0 Å². The fourth-order valence-corrected chi connectivity index (χ4v) is 4.72. The van der Waals surface area contributed by atoms with Crippen molar-refractivity contribution in [1.82, 2.24) is 24.6 Å². The Labute approximate surface area is 194 Å². The van der Waals surface area contributed by atoms with Gasteiger partial charge in [0.25, 0.3) is 5.91 Å². The van der Waals surface area contributed by atoms with Crippen LogP contribution in [0, 0.1) is 13.8 Å². The highest BCUT2D eigenvalue weighted by atomic mass is 16.5. The second kappa shape index (κ2) is 8.94. The Bertz CT molecular complexity index is 1140. The first kappa shape index (κ1) is 21.6. The molecule has 0 bridgehead atoms. The van der Waals surface area contributed by atoms with Crippen molar-refractivity contribution in [1.29, 1.82) is 0 Å². The van der Waals surface area contributed by atoms with Crippen LogP contribution >= 0.6 is 0 Å². The number of benzene rings is 1. The van der Waals surface area contributed by atoms with Gasteiger partial charge in [0.2, 0.25) is 5.95 Å². The average molecular weight is 447 g/mol. The SMILES string of the molecule is Cc1cc(C)nc(N2CC[C@@H](C)N(C(=O)c3c(-c4ccccc4)nn4c3COCC4)CC2)n1. The monoisotopic (exact) mass is 446 g/mol. The third kappa shape index (κ3) is 4.23. The summed E-state index contributed by atoms with van der Waals surface area (Å²) < 4.78 is 7.66. The largest absolute Gasteiger partial charge is 0.373 e. The van der Waals surface area contributed by atoms with Crippen molar-refractivity contribution >= 4 is 11.9 Å². The summed E-state index contributed by atoms with van der Waals surface area (Å²) in [5.41, 5.74) is 5.16. The number of carbonyl (C=O) groups excluding carboxylic acids is 1. The molecule has 0 saturated carbocycles. The summed E-state index contributed by atoms with van der Waals surface area (Å²) in [5.74, 6) is 0.770. The maximum absolute atomic E-state index is 14.0. The van der Waals surface area contributed by atoms with Crippen molar-refractivity contribution in [2.75, 3.05) is 31.1 Å². The van der Waals surface area contributed by atoms with E-state index in [-0.39, 0.29) is 11.9 Å². The molecule has 8 heteroatoms. The fourth-order valence-electron chi connectivity index (χ4n) is 4.72. The zero-order valence-corrected chi connectivity index (χ0v) is 19.5. The Morgan fingerprint density at radius 2 is 1.79 bits per heavy atom. The molecule has 0 radical (unpaired) electrons. The number of anilines is 1. The summed E-state index contributed by atoms with van der Waals surface area (Å²) in [6.45, 7) is 9.90. The van der Waals surface area contributed by atoms with Gasteiger partial charge in [-0.1, -0.05) is 30.3 Å². The van der Waals surface area contributed by atoms with Gasteiger partial charge in [-0.05, 0) is 33.3 Å². The number of amides is 1. The highest BCUT2D eigenvalue weighted by molar-refractivity contribution is 6.01. The first-order valence-corrected chi connectivity index (χ1v) is 11.6. The van der Waals surface area contributed by atoms with Crippen molar-refractivity contribution < 1.29 is 9.53 Å². The molecule has 5 rings (SSSR count). The Kier molecular flexibility index (Phi) is 5.85. The van der Waals surface area contributed by atoms with Crippen LogP contribution in [0.4, 0.5) is 5.95 Å². The highest BCUT2D eigenvalue weighted by Crippen LogP contribution is 2.30. The van der Waals surface area contributed by atoms with E-state index in [0.29, 0.717) is 38.4 Å². The summed E-state index contributed by atoms with van der Waals surface area (Å²) in [6.07, 6.45) is 0.850. The van der Waals surface area contributed by atoms with E-state index in [1.54, 1.807) is 0 Å². The highest BCUT2D eigenvalue weighted by Gasteiger charge is 2.33. The molecule has 1 saturated heterocycles. The molecule has 0 N–H and O–H groups in total. The third-order valence-corrected chi connectivity index (χ3v) is 6.48. The molecule has 1 fully saturated rings. The van der Waals surface area contributed by atoms with E-state index >= 15 is 0 Å². The van der Waals surface area contributed by atoms with Crippen molar-refractivity contribution in [3.05, 3.63) is 59.0 Å². The molecule has 172 valence electrons. The lowest BCUT2D eigenvalue weighted by molar-refractivity contribution is 0.0663. The molecule has 0 spiro atoms. The smallest absolute Gasteiger partial charge is 0.258 e. The zero-order valence-electron chi connectivity index (χ0n) is 19.5. The summed E-state index contributed by atoms with van der Waals surface area (Å²) >= 11 is 0. The number of ether oxygens (including phenoxy) is 1. The van der Waals surface area contributed by atoms with Gasteiger partial charge in [0, 0.05) is 42.6 Å². The number of fused-ring (bicyclic) bond motifs is 1. The molecule has 4 heterocycles. The number of carbonyl (C=O) groups is 1. The zero-order chi connectivity index (χ0) is 22.9. The molecular weight excluding hydrogens is 416 g/mol. The molecule has 8 nitrogen and oxygen atoms in total. The lowest BCUT2D eigenvalue weighted by Gasteiger charge is -2.27. The number of nitrogens with zero attached hydrogens (tertiary/aromatic N) is 6. The molecule has 1 amide bonds. The number of hydrogen-bond acceptors (Lipinski definition) is 6. The maximum Gasteiger partial charge on any atom is 0.258 e. The first-order chi connectivity index (χ1) is 16.0. The van der Waals surface area contributed by atoms with Crippen LogP contribution in [0.5, 0.6) is 0 Å². The molecule has 33 heavy (non-hydrogen) atoms. The minimum atomic E-state index is 0.0243. The van der Waals surface area contributed by atoms with E-state index in [1.165, 1.54) is 0 Å². The van der Waals surface area contributed by atoms with Gasteiger partial charge in [0.1, 0.15) is 5.69 Å². The number of rotatable bonds is 3. The predicted octanol–water partition coefficient (Wildman–Crippen LogP) is 3.23. The van der Waals surface area contributed by atoms with Gasteiger partial charge in [-0.2, -0.15) is 5.10 Å². The van der Waals surface area contributed by atoms with Gasteiger partial charge in [0.05, 0.1) is 31.0 Å². The Morgan fingerprint density at radius 3 is 2.55 bits per heavy atom. The van der Waals surface area contributed by atoms with E-state index in [0.717, 1.165) is 47.3 Å². The van der Waals surface area contributed by atoms with E-state index in [4.69, 9.17) is 9.84 Å². The molecule has 1 atom stereocenters. The molecule has 2 aliphatic heterocycles. The van der Waals surface area contributed by atoms with Gasteiger partial charge in [-0.3, -0.25) is 9.48 Å². The van der Waals surface area contributed by atoms with Gasteiger partial charge >= 0.3 is 0 Å². The van der Waals surface area contributed by atoms with E-state index in [9.17, 15) is 4.79 Å². The second-order valence-electron chi connectivity index (χ2n) is 8.89. The Morgan fingerprint density at radius 1 is 1.03 bits per heavy atom. The summed E-state index contributed by atoms with van der Waals surface area (Å²) in [7, 11) is 0. The fraction of sp³-hybridized carbons (Fsp3) is 0.440. The first-order valence-electron chi connectivity index (χ1n) is 11.6. The lowest BCUT2D eigenvalue weighted by Crippen LogP contribution is -2.40. The molecule has 1 aromatic carbocycles. The average Bonchev–Trinajstić information content (AvgIpc) is 3.09. The van der Waals surface area contributed by atoms with Gasteiger partial charge < -0.3 is 14.5 Å².